The van der Waals surface area contributed by atoms with Crippen molar-refractivity contribution >= 4 is 5.78 Å². The number of hydrogen-bond acceptors (Lipinski definition) is 10. The number of phenolic OH excluding ortho intramolecular Hbond substituents is 2. The normalized spacial score (nSPS) is 36.1. The summed E-state index contributed by atoms with van der Waals surface area (Å²) < 4.78 is 15.2. The van der Waals surface area contributed by atoms with Gasteiger partial charge in [0.2, 0.25) is 5.78 Å². The van der Waals surface area contributed by atoms with Crippen molar-refractivity contribution in [1.82, 2.24) is 0 Å². The van der Waals surface area contributed by atoms with Gasteiger partial charge in [0.1, 0.15) is 41.1 Å². The summed E-state index contributed by atoms with van der Waals surface area (Å²) in [5.41, 5.74) is -0.410. The third kappa shape index (κ3) is 2.69. The summed E-state index contributed by atoms with van der Waals surface area (Å²) in [7, 11) is 0. The molecule has 0 radical (unpaired) electrons. The van der Waals surface area contributed by atoms with Gasteiger partial charge in [0.15, 0.2) is 12.9 Å². The van der Waals surface area contributed by atoms with Gasteiger partial charge in [0.25, 0.3) is 5.79 Å². The molecule has 132 valence electrons. The number of aliphatic hydroxyl groups is 4. The van der Waals surface area contributed by atoms with E-state index in [1.807, 2.05) is 0 Å². The second-order valence-electron chi connectivity index (χ2n) is 5.61. The summed E-state index contributed by atoms with van der Waals surface area (Å²) in [6.07, 6.45) is -6.27. The first kappa shape index (κ1) is 16.9. The fourth-order valence-electron chi connectivity index (χ4n) is 2.53. The smallest absolute Gasteiger partial charge is 0.269 e. The maximum absolute atomic E-state index is 12.5. The zero-order valence-electron chi connectivity index (χ0n) is 12.2. The Hall–Kier alpha value is -1.95. The molecule has 1 fully saturated rings. The molecule has 24 heavy (non-hydrogen) atoms. The first-order valence-corrected chi connectivity index (χ1v) is 7.02. The Bertz CT molecular complexity index is 661. The number of fused-ring (bicyclic) bond motifs is 1. The SMILES string of the molecule is O=C1c2c(O)cc(O)cc2OCC1(O)O[C@H]1OC[C@@H](O)[C@@H](O)[C@@H]1O. The molecule has 5 atom stereocenters. The zero-order valence-corrected chi connectivity index (χ0v) is 12.2. The number of carbonyl (C=O) groups is 1. The molecule has 0 bridgehead atoms. The van der Waals surface area contributed by atoms with Crippen LogP contribution in [-0.4, -0.2) is 80.0 Å². The molecular formula is C14H16O10. The molecule has 1 aromatic carbocycles. The van der Waals surface area contributed by atoms with Crippen LogP contribution in [0.3, 0.4) is 0 Å². The van der Waals surface area contributed by atoms with Gasteiger partial charge >= 0.3 is 0 Å². The van der Waals surface area contributed by atoms with Crippen LogP contribution in [0.25, 0.3) is 0 Å². The average Bonchev–Trinajstić information content (AvgIpc) is 2.52. The molecule has 10 heteroatoms. The maximum Gasteiger partial charge on any atom is 0.269 e. The summed E-state index contributed by atoms with van der Waals surface area (Å²) >= 11 is 0. The number of ether oxygens (including phenoxy) is 3. The molecule has 0 aliphatic carbocycles. The number of aromatic hydroxyl groups is 2. The maximum atomic E-state index is 12.5. The van der Waals surface area contributed by atoms with Crippen molar-refractivity contribution in [2.45, 2.75) is 30.4 Å². The Morgan fingerprint density at radius 3 is 2.58 bits per heavy atom. The number of phenols is 2. The Morgan fingerprint density at radius 2 is 1.88 bits per heavy atom. The Labute approximate surface area is 135 Å². The van der Waals surface area contributed by atoms with Crippen LogP contribution in [-0.2, 0) is 9.47 Å². The standard InChI is InChI=1S/C14H16O10/c15-5-1-6(16)9-8(2-5)23-4-14(21,12(9)20)24-13-11(19)10(18)7(17)3-22-13/h1-2,7,10-11,13,15-19,21H,3-4H2/t7-,10-,11+,13-,14?/m1/s1. The number of benzene rings is 1. The van der Waals surface area contributed by atoms with E-state index in [4.69, 9.17) is 14.2 Å². The lowest BCUT2D eigenvalue weighted by Gasteiger charge is -2.40. The first-order chi connectivity index (χ1) is 11.2. The van der Waals surface area contributed by atoms with Crippen LogP contribution in [0.2, 0.25) is 0 Å². The van der Waals surface area contributed by atoms with Crippen LogP contribution in [0, 0.1) is 0 Å². The van der Waals surface area contributed by atoms with Crippen LogP contribution in [0.1, 0.15) is 10.4 Å². The predicted octanol–water partition coefficient (Wildman–Crippen LogP) is -2.18. The highest BCUT2D eigenvalue weighted by atomic mass is 16.8. The molecule has 3 rings (SSSR count). The first-order valence-electron chi connectivity index (χ1n) is 7.02. The van der Waals surface area contributed by atoms with E-state index >= 15 is 0 Å². The lowest BCUT2D eigenvalue weighted by Crippen LogP contribution is -2.59. The predicted molar refractivity (Wildman–Crippen MR) is 73.4 cm³/mol. The zero-order chi connectivity index (χ0) is 17.6. The van der Waals surface area contributed by atoms with Gasteiger partial charge in [-0.05, 0) is 0 Å². The molecule has 1 saturated heterocycles. The van der Waals surface area contributed by atoms with E-state index in [9.17, 15) is 35.4 Å². The van der Waals surface area contributed by atoms with Crippen molar-refractivity contribution in [2.75, 3.05) is 13.2 Å². The summed E-state index contributed by atoms with van der Waals surface area (Å²) in [6.45, 7) is -1.09. The fraction of sp³-hybridized carbons (Fsp3) is 0.500. The summed E-state index contributed by atoms with van der Waals surface area (Å²) in [5.74, 6) is -4.79. The van der Waals surface area contributed by atoms with Crippen LogP contribution >= 0.6 is 0 Å². The summed E-state index contributed by atoms with van der Waals surface area (Å²) in [4.78, 5) is 12.5. The molecule has 1 aromatic rings. The monoisotopic (exact) mass is 344 g/mol. The van der Waals surface area contributed by atoms with Crippen molar-refractivity contribution in [3.8, 4) is 17.2 Å². The van der Waals surface area contributed by atoms with Crippen molar-refractivity contribution in [3.05, 3.63) is 17.7 Å². The quantitative estimate of drug-likeness (QED) is 0.325. The highest BCUT2D eigenvalue weighted by Gasteiger charge is 2.50. The van der Waals surface area contributed by atoms with E-state index in [-0.39, 0.29) is 18.1 Å². The molecule has 0 amide bonds. The molecule has 1 unspecified atom stereocenters. The minimum Gasteiger partial charge on any atom is -0.508 e. The van der Waals surface area contributed by atoms with Gasteiger partial charge in [-0.2, -0.15) is 0 Å². The molecule has 0 aromatic heterocycles. The number of aliphatic hydroxyl groups excluding tert-OH is 3. The third-order valence-corrected chi connectivity index (χ3v) is 3.84. The lowest BCUT2D eigenvalue weighted by atomic mass is 9.98. The van der Waals surface area contributed by atoms with Gasteiger partial charge in [-0.1, -0.05) is 0 Å². The van der Waals surface area contributed by atoms with Crippen molar-refractivity contribution in [1.29, 1.82) is 0 Å². The molecule has 2 aliphatic rings. The number of ketones is 1. The van der Waals surface area contributed by atoms with Crippen molar-refractivity contribution < 1.29 is 49.6 Å². The van der Waals surface area contributed by atoms with E-state index < -0.39 is 54.1 Å². The molecule has 0 saturated carbocycles. The highest BCUT2D eigenvalue weighted by Crippen LogP contribution is 2.39. The van der Waals surface area contributed by atoms with Gasteiger partial charge in [-0.3, -0.25) is 4.79 Å². The summed E-state index contributed by atoms with van der Waals surface area (Å²) in [5, 5.41) is 58.4. The average molecular weight is 344 g/mol. The van der Waals surface area contributed by atoms with Crippen LogP contribution in [0.5, 0.6) is 17.2 Å². The topological polar surface area (TPSA) is 166 Å². The van der Waals surface area contributed by atoms with Crippen LogP contribution in [0.4, 0.5) is 0 Å². The van der Waals surface area contributed by atoms with E-state index in [2.05, 4.69) is 0 Å². The molecular weight excluding hydrogens is 328 g/mol. The van der Waals surface area contributed by atoms with Gasteiger partial charge in [0.05, 0.1) is 6.61 Å². The molecule has 2 aliphatic heterocycles. The Kier molecular flexibility index (Phi) is 4.11. The van der Waals surface area contributed by atoms with Gasteiger partial charge < -0.3 is 44.8 Å². The van der Waals surface area contributed by atoms with Gasteiger partial charge in [0, 0.05) is 12.1 Å². The minimum absolute atomic E-state index is 0.147. The van der Waals surface area contributed by atoms with Crippen molar-refractivity contribution in [2.24, 2.45) is 0 Å². The van der Waals surface area contributed by atoms with Gasteiger partial charge in [-0.15, -0.1) is 0 Å². The van der Waals surface area contributed by atoms with Crippen LogP contribution < -0.4 is 4.74 Å². The highest BCUT2D eigenvalue weighted by molar-refractivity contribution is 6.07. The lowest BCUT2D eigenvalue weighted by molar-refractivity contribution is -0.332. The van der Waals surface area contributed by atoms with Crippen LogP contribution in [0.15, 0.2) is 12.1 Å². The fourth-order valence-corrected chi connectivity index (χ4v) is 2.53. The largest absolute Gasteiger partial charge is 0.508 e. The molecule has 10 nitrogen and oxygen atoms in total. The minimum atomic E-state index is -2.60. The third-order valence-electron chi connectivity index (χ3n) is 3.84. The number of hydrogen-bond donors (Lipinski definition) is 6. The second kappa shape index (κ2) is 5.84. The van der Waals surface area contributed by atoms with E-state index in [0.717, 1.165) is 12.1 Å². The second-order valence-corrected chi connectivity index (χ2v) is 5.61. The number of carbonyl (C=O) groups excluding carboxylic acids is 1. The Morgan fingerprint density at radius 1 is 1.17 bits per heavy atom. The Balaban J connectivity index is 1.85. The van der Waals surface area contributed by atoms with E-state index in [1.54, 1.807) is 0 Å². The van der Waals surface area contributed by atoms with E-state index in [1.165, 1.54) is 0 Å². The molecule has 2 heterocycles. The van der Waals surface area contributed by atoms with E-state index in [0.29, 0.717) is 0 Å². The van der Waals surface area contributed by atoms with Crippen molar-refractivity contribution in [3.63, 3.8) is 0 Å². The molecule has 0 spiro atoms. The van der Waals surface area contributed by atoms with Gasteiger partial charge in [-0.25, -0.2) is 0 Å². The number of Topliss-reactive ketones (excluding diaryl/α,β-unsaturated/α-hetero) is 1. The molecule has 6 N–H and O–H groups in total. The summed E-state index contributed by atoms with van der Waals surface area (Å²) in [6, 6.07) is 1.97. The number of rotatable bonds is 2.